The maximum Gasteiger partial charge on any atom is 0.242 e. The number of hydrogen-bond donors (Lipinski definition) is 0. The molecule has 0 aliphatic carbocycles. The number of hydrogen-bond acceptors (Lipinski definition) is 3. The average molecular weight is 388 g/mol. The minimum atomic E-state index is -3.64. The van der Waals surface area contributed by atoms with Crippen LogP contribution in [0.5, 0.6) is 5.75 Å². The lowest BCUT2D eigenvalue weighted by Gasteiger charge is -2.17. The Hall–Kier alpha value is -1.44. The number of nitrogens with zero attached hydrogens (tertiary/aromatic N) is 1. The van der Waals surface area contributed by atoms with Crippen LogP contribution < -0.4 is 4.74 Å². The van der Waals surface area contributed by atoms with E-state index in [9.17, 15) is 12.8 Å². The van der Waals surface area contributed by atoms with E-state index in [0.29, 0.717) is 5.75 Å². The fourth-order valence-corrected chi connectivity index (χ4v) is 3.29. The Balaban J connectivity index is 1.96. The van der Waals surface area contributed by atoms with Crippen molar-refractivity contribution in [2.45, 2.75) is 4.90 Å². The van der Waals surface area contributed by atoms with Crippen LogP contribution in [0.15, 0.2) is 57.9 Å². The van der Waals surface area contributed by atoms with Gasteiger partial charge in [0.25, 0.3) is 0 Å². The molecule has 7 heteroatoms. The number of rotatable bonds is 6. The predicted molar refractivity (Wildman–Crippen MR) is 85.9 cm³/mol. The van der Waals surface area contributed by atoms with Gasteiger partial charge in [-0.25, -0.2) is 12.8 Å². The quantitative estimate of drug-likeness (QED) is 0.763. The van der Waals surface area contributed by atoms with Crippen molar-refractivity contribution in [1.29, 1.82) is 0 Å². The van der Waals surface area contributed by atoms with Crippen LogP contribution in [0.2, 0.25) is 0 Å². The van der Waals surface area contributed by atoms with Crippen LogP contribution in [0.4, 0.5) is 4.39 Å². The van der Waals surface area contributed by atoms with E-state index in [2.05, 4.69) is 15.9 Å². The van der Waals surface area contributed by atoms with Crippen molar-refractivity contribution >= 4 is 26.0 Å². The molecule has 0 aromatic heterocycles. The zero-order chi connectivity index (χ0) is 16.2. The molecule has 0 spiro atoms. The minimum Gasteiger partial charge on any atom is -0.492 e. The van der Waals surface area contributed by atoms with Gasteiger partial charge < -0.3 is 4.74 Å². The smallest absolute Gasteiger partial charge is 0.242 e. The summed E-state index contributed by atoms with van der Waals surface area (Å²) in [7, 11) is -2.18. The second-order valence-electron chi connectivity index (χ2n) is 4.59. The van der Waals surface area contributed by atoms with Crippen LogP contribution in [0.25, 0.3) is 0 Å². The summed E-state index contributed by atoms with van der Waals surface area (Å²) >= 11 is 3.33. The van der Waals surface area contributed by atoms with Crippen molar-refractivity contribution in [1.82, 2.24) is 4.31 Å². The molecule has 2 aromatic carbocycles. The van der Waals surface area contributed by atoms with Gasteiger partial charge in [-0.15, -0.1) is 0 Å². The van der Waals surface area contributed by atoms with Crippen LogP contribution in [0.3, 0.4) is 0 Å². The molecule has 0 heterocycles. The highest BCUT2D eigenvalue weighted by molar-refractivity contribution is 9.10. The molecule has 0 saturated carbocycles. The van der Waals surface area contributed by atoms with E-state index in [4.69, 9.17) is 4.74 Å². The van der Waals surface area contributed by atoms with Gasteiger partial charge in [0.05, 0.1) is 4.90 Å². The summed E-state index contributed by atoms with van der Waals surface area (Å²) in [6.07, 6.45) is 0. The molecule has 0 fully saturated rings. The molecule has 0 aliphatic heterocycles. The third-order valence-electron chi connectivity index (χ3n) is 2.99. The number of benzene rings is 2. The van der Waals surface area contributed by atoms with Crippen LogP contribution in [-0.2, 0) is 10.0 Å². The van der Waals surface area contributed by atoms with E-state index in [1.165, 1.54) is 23.5 Å². The van der Waals surface area contributed by atoms with E-state index >= 15 is 0 Å². The van der Waals surface area contributed by atoms with Crippen molar-refractivity contribution in [2.75, 3.05) is 20.2 Å². The molecule has 0 amide bonds. The normalized spacial score (nSPS) is 11.6. The summed E-state index contributed by atoms with van der Waals surface area (Å²) in [5, 5.41) is 0. The Morgan fingerprint density at radius 3 is 2.50 bits per heavy atom. The first-order valence-corrected chi connectivity index (χ1v) is 8.73. The fraction of sp³-hybridized carbons (Fsp3) is 0.200. The zero-order valence-electron chi connectivity index (χ0n) is 11.9. The van der Waals surface area contributed by atoms with E-state index in [-0.39, 0.29) is 18.0 Å². The van der Waals surface area contributed by atoms with Crippen molar-refractivity contribution in [3.63, 3.8) is 0 Å². The van der Waals surface area contributed by atoms with Gasteiger partial charge >= 0.3 is 0 Å². The van der Waals surface area contributed by atoms with Gasteiger partial charge in [0.2, 0.25) is 10.0 Å². The lowest BCUT2D eigenvalue weighted by atomic mass is 10.3. The van der Waals surface area contributed by atoms with Crippen LogP contribution in [0.1, 0.15) is 0 Å². The summed E-state index contributed by atoms with van der Waals surface area (Å²) in [6, 6.07) is 12.0. The molecule has 118 valence electrons. The molecule has 0 radical (unpaired) electrons. The first-order valence-electron chi connectivity index (χ1n) is 6.50. The molecule has 0 aliphatic rings. The summed E-state index contributed by atoms with van der Waals surface area (Å²) in [6.45, 7) is 0.402. The highest BCUT2D eigenvalue weighted by Gasteiger charge is 2.20. The monoisotopic (exact) mass is 387 g/mol. The maximum atomic E-state index is 12.9. The van der Waals surface area contributed by atoms with Crippen LogP contribution in [0, 0.1) is 5.82 Å². The second kappa shape index (κ2) is 7.21. The van der Waals surface area contributed by atoms with Crippen LogP contribution in [-0.4, -0.2) is 32.9 Å². The van der Waals surface area contributed by atoms with Crippen molar-refractivity contribution in [2.24, 2.45) is 0 Å². The number of sulfonamides is 1. The Bertz CT molecular complexity index is 735. The molecule has 4 nitrogen and oxygen atoms in total. The Morgan fingerprint density at radius 2 is 1.86 bits per heavy atom. The average Bonchev–Trinajstić information content (AvgIpc) is 2.47. The molecule has 0 N–H and O–H groups in total. The highest BCUT2D eigenvalue weighted by Crippen LogP contribution is 2.18. The lowest BCUT2D eigenvalue weighted by Crippen LogP contribution is -2.31. The third kappa shape index (κ3) is 4.28. The molecule has 2 aromatic rings. The number of likely N-dealkylation sites (N-methyl/N-ethyl adjacent to an activating group) is 1. The molecule has 2 rings (SSSR count). The van der Waals surface area contributed by atoms with Crippen molar-refractivity contribution in [3.05, 3.63) is 58.8 Å². The SMILES string of the molecule is CN(CCOc1cccc(Br)c1)S(=O)(=O)c1ccc(F)cc1. The van der Waals surface area contributed by atoms with Gasteiger partial charge in [-0.1, -0.05) is 22.0 Å². The van der Waals surface area contributed by atoms with Gasteiger partial charge in [0, 0.05) is 18.1 Å². The van der Waals surface area contributed by atoms with Crippen LogP contribution >= 0.6 is 15.9 Å². The van der Waals surface area contributed by atoms with E-state index < -0.39 is 15.8 Å². The largest absolute Gasteiger partial charge is 0.492 e. The highest BCUT2D eigenvalue weighted by atomic mass is 79.9. The molecular formula is C15H15BrFNO3S. The zero-order valence-corrected chi connectivity index (χ0v) is 14.3. The van der Waals surface area contributed by atoms with Gasteiger partial charge in [-0.05, 0) is 42.5 Å². The van der Waals surface area contributed by atoms with Gasteiger partial charge in [0.15, 0.2) is 0 Å². The Kier molecular flexibility index (Phi) is 5.55. The van der Waals surface area contributed by atoms with Gasteiger partial charge in [-0.2, -0.15) is 4.31 Å². The fourth-order valence-electron chi connectivity index (χ4n) is 1.76. The maximum absolute atomic E-state index is 12.9. The molecular weight excluding hydrogens is 373 g/mol. The van der Waals surface area contributed by atoms with Gasteiger partial charge in [-0.3, -0.25) is 0 Å². The third-order valence-corrected chi connectivity index (χ3v) is 5.36. The lowest BCUT2D eigenvalue weighted by molar-refractivity contribution is 0.286. The molecule has 22 heavy (non-hydrogen) atoms. The summed E-state index contributed by atoms with van der Waals surface area (Å²) in [5.74, 6) is 0.182. The molecule has 0 atom stereocenters. The first-order chi connectivity index (χ1) is 10.4. The van der Waals surface area contributed by atoms with E-state index in [0.717, 1.165) is 16.6 Å². The van der Waals surface area contributed by atoms with Gasteiger partial charge in [0.1, 0.15) is 18.2 Å². The second-order valence-corrected chi connectivity index (χ2v) is 7.55. The van der Waals surface area contributed by atoms with Crippen molar-refractivity contribution < 1.29 is 17.5 Å². The topological polar surface area (TPSA) is 46.6 Å². The predicted octanol–water partition coefficient (Wildman–Crippen LogP) is 3.29. The summed E-state index contributed by atoms with van der Waals surface area (Å²) < 4.78 is 45.0. The van der Waals surface area contributed by atoms with Crippen molar-refractivity contribution in [3.8, 4) is 5.75 Å². The summed E-state index contributed by atoms with van der Waals surface area (Å²) in [4.78, 5) is 0.0545. The number of ether oxygens (including phenoxy) is 1. The molecule has 0 unspecified atom stereocenters. The molecule has 0 saturated heterocycles. The Morgan fingerprint density at radius 1 is 1.18 bits per heavy atom. The number of halogens is 2. The first kappa shape index (κ1) is 16.9. The summed E-state index contributed by atoms with van der Waals surface area (Å²) in [5.41, 5.74) is 0. The Labute approximate surface area is 137 Å². The molecule has 0 bridgehead atoms. The minimum absolute atomic E-state index is 0.0545. The standard InChI is InChI=1S/C15H15BrFNO3S/c1-18(9-10-21-14-4-2-3-12(16)11-14)22(19,20)15-7-5-13(17)6-8-15/h2-8,11H,9-10H2,1H3. The van der Waals surface area contributed by atoms with E-state index in [1.54, 1.807) is 12.1 Å². The van der Waals surface area contributed by atoms with E-state index in [1.807, 2.05) is 12.1 Å².